The van der Waals surface area contributed by atoms with Crippen molar-refractivity contribution >= 4 is 45.2 Å². The van der Waals surface area contributed by atoms with Crippen LogP contribution < -0.4 is 15.4 Å². The maximum atomic E-state index is 13.2. The van der Waals surface area contributed by atoms with Gasteiger partial charge in [0.05, 0.1) is 17.6 Å². The van der Waals surface area contributed by atoms with Gasteiger partial charge in [-0.2, -0.15) is 0 Å². The maximum Gasteiger partial charge on any atom is 0.272 e. The van der Waals surface area contributed by atoms with Crippen molar-refractivity contribution in [3.8, 4) is 5.75 Å². The summed E-state index contributed by atoms with van der Waals surface area (Å²) in [5.74, 6) is -0.839. The van der Waals surface area contributed by atoms with E-state index in [0.29, 0.717) is 21.5 Å². The van der Waals surface area contributed by atoms with Crippen LogP contribution in [0.25, 0.3) is 6.08 Å². The second-order valence-electron chi connectivity index (χ2n) is 7.54. The largest absolute Gasteiger partial charge is 0.496 e. The fraction of sp³-hybridized carbons (Fsp3) is 0.120. The number of nitro groups is 1. The van der Waals surface area contributed by atoms with Gasteiger partial charge in [-0.3, -0.25) is 19.7 Å². The van der Waals surface area contributed by atoms with Crippen molar-refractivity contribution in [3.05, 3.63) is 103 Å². The monoisotopic (exact) mass is 523 g/mol. The summed E-state index contributed by atoms with van der Waals surface area (Å²) < 4.78 is 5.92. The molecule has 0 aliphatic carbocycles. The van der Waals surface area contributed by atoms with Gasteiger partial charge in [0.25, 0.3) is 17.5 Å². The van der Waals surface area contributed by atoms with Crippen LogP contribution >= 0.6 is 15.9 Å². The van der Waals surface area contributed by atoms with Crippen LogP contribution in [-0.4, -0.2) is 23.8 Å². The molecule has 0 bridgehead atoms. The normalized spacial score (nSPS) is 11.0. The zero-order valence-electron chi connectivity index (χ0n) is 18.7. The predicted molar refractivity (Wildman–Crippen MR) is 134 cm³/mol. The van der Waals surface area contributed by atoms with E-state index in [0.717, 1.165) is 11.1 Å². The summed E-state index contributed by atoms with van der Waals surface area (Å²) in [6.07, 6.45) is 1.38. The van der Waals surface area contributed by atoms with Crippen LogP contribution in [0.5, 0.6) is 5.75 Å². The van der Waals surface area contributed by atoms with E-state index in [1.807, 2.05) is 19.9 Å². The number of hydrogen-bond acceptors (Lipinski definition) is 5. The van der Waals surface area contributed by atoms with Crippen LogP contribution in [0.3, 0.4) is 0 Å². The number of halogens is 1. The highest BCUT2D eigenvalue weighted by Gasteiger charge is 2.19. The molecule has 0 aromatic heterocycles. The molecule has 0 radical (unpaired) electrons. The van der Waals surface area contributed by atoms with Crippen molar-refractivity contribution < 1.29 is 19.2 Å². The first-order chi connectivity index (χ1) is 16.2. The molecule has 0 fully saturated rings. The van der Waals surface area contributed by atoms with Gasteiger partial charge in [-0.25, -0.2) is 0 Å². The van der Waals surface area contributed by atoms with E-state index in [1.165, 1.54) is 31.4 Å². The van der Waals surface area contributed by atoms with Gasteiger partial charge in [0.1, 0.15) is 11.4 Å². The number of benzene rings is 3. The van der Waals surface area contributed by atoms with Crippen LogP contribution in [0.2, 0.25) is 0 Å². The highest BCUT2D eigenvalue weighted by molar-refractivity contribution is 9.10. The molecule has 0 aliphatic heterocycles. The zero-order valence-corrected chi connectivity index (χ0v) is 20.3. The molecule has 8 nitrogen and oxygen atoms in total. The van der Waals surface area contributed by atoms with Crippen molar-refractivity contribution in [2.75, 3.05) is 12.4 Å². The Balaban J connectivity index is 2.00. The van der Waals surface area contributed by atoms with Crippen LogP contribution in [0, 0.1) is 24.0 Å². The molecule has 174 valence electrons. The molecule has 3 aromatic rings. The van der Waals surface area contributed by atoms with E-state index >= 15 is 0 Å². The number of non-ortho nitro benzene ring substituents is 1. The number of nitro benzene ring substituents is 1. The third kappa shape index (κ3) is 6.29. The number of amides is 2. The fourth-order valence-corrected chi connectivity index (χ4v) is 3.71. The molecule has 34 heavy (non-hydrogen) atoms. The Kier molecular flexibility index (Phi) is 7.80. The van der Waals surface area contributed by atoms with E-state index < -0.39 is 16.7 Å². The van der Waals surface area contributed by atoms with Crippen molar-refractivity contribution in [2.24, 2.45) is 0 Å². The van der Waals surface area contributed by atoms with Crippen molar-refractivity contribution in [2.45, 2.75) is 13.8 Å². The third-order valence-electron chi connectivity index (χ3n) is 4.77. The molecule has 3 rings (SSSR count). The topological polar surface area (TPSA) is 111 Å². The maximum absolute atomic E-state index is 13.2. The number of nitrogens with one attached hydrogen (secondary N) is 2. The molecule has 0 unspecified atom stereocenters. The molecule has 0 saturated carbocycles. The molecule has 0 heterocycles. The Morgan fingerprint density at radius 3 is 2.38 bits per heavy atom. The first-order valence-corrected chi connectivity index (χ1v) is 11.0. The molecule has 2 amide bonds. The number of ether oxygens (including phenoxy) is 1. The standard InChI is InChI=1S/C25H22BrN3O5/c1-15-9-16(2)11-19(10-15)27-25(31)22(13-17-5-4-6-20(12-17)29(32)33)28-24(30)21-14-18(26)7-8-23(21)34-3/h4-14H,1-3H3,(H,27,31)(H,28,30). The van der Waals surface area contributed by atoms with Gasteiger partial charge >= 0.3 is 0 Å². The average Bonchev–Trinajstić information content (AvgIpc) is 2.78. The van der Waals surface area contributed by atoms with E-state index in [4.69, 9.17) is 4.74 Å². The van der Waals surface area contributed by atoms with Gasteiger partial charge < -0.3 is 15.4 Å². The lowest BCUT2D eigenvalue weighted by atomic mass is 10.1. The van der Waals surface area contributed by atoms with Crippen molar-refractivity contribution in [3.63, 3.8) is 0 Å². The highest BCUT2D eigenvalue weighted by Crippen LogP contribution is 2.24. The first-order valence-electron chi connectivity index (χ1n) is 10.2. The fourth-order valence-electron chi connectivity index (χ4n) is 3.35. The lowest BCUT2D eigenvalue weighted by Crippen LogP contribution is -2.31. The molecule has 0 aliphatic rings. The number of aryl methyl sites for hydroxylation is 2. The Labute approximate surface area is 204 Å². The molecule has 9 heteroatoms. The summed E-state index contributed by atoms with van der Waals surface area (Å²) in [6, 6.07) is 16.3. The van der Waals surface area contributed by atoms with Crippen molar-refractivity contribution in [1.29, 1.82) is 0 Å². The third-order valence-corrected chi connectivity index (χ3v) is 5.26. The summed E-state index contributed by atoms with van der Waals surface area (Å²) in [5.41, 5.74) is 2.84. The molecule has 0 atom stereocenters. The van der Waals surface area contributed by atoms with Gasteiger partial charge in [-0.1, -0.05) is 34.1 Å². The number of nitrogens with zero attached hydrogens (tertiary/aromatic N) is 1. The minimum Gasteiger partial charge on any atom is -0.496 e. The SMILES string of the molecule is COc1ccc(Br)cc1C(=O)NC(=Cc1cccc([N+](=O)[O-])c1)C(=O)Nc1cc(C)cc(C)c1. The van der Waals surface area contributed by atoms with E-state index in [1.54, 1.807) is 36.4 Å². The first kappa shape index (κ1) is 24.7. The van der Waals surface area contributed by atoms with Crippen LogP contribution in [-0.2, 0) is 4.79 Å². The lowest BCUT2D eigenvalue weighted by molar-refractivity contribution is -0.384. The average molecular weight is 524 g/mol. The number of carbonyl (C=O) groups excluding carboxylic acids is 2. The van der Waals surface area contributed by atoms with Crippen LogP contribution in [0.4, 0.5) is 11.4 Å². The lowest BCUT2D eigenvalue weighted by Gasteiger charge is -2.14. The Bertz CT molecular complexity index is 1280. The molecule has 0 spiro atoms. The summed E-state index contributed by atoms with van der Waals surface area (Å²) in [6.45, 7) is 3.81. The van der Waals surface area contributed by atoms with Gasteiger partial charge in [0, 0.05) is 22.3 Å². The van der Waals surface area contributed by atoms with E-state index in [9.17, 15) is 19.7 Å². The van der Waals surface area contributed by atoms with Crippen LogP contribution in [0.15, 0.2) is 70.8 Å². The summed E-state index contributed by atoms with van der Waals surface area (Å²) in [5, 5.41) is 16.6. The number of rotatable bonds is 7. The number of hydrogen-bond donors (Lipinski definition) is 2. The Morgan fingerprint density at radius 2 is 1.74 bits per heavy atom. The zero-order chi connectivity index (χ0) is 24.8. The van der Waals surface area contributed by atoms with Gasteiger partial charge in [-0.15, -0.1) is 0 Å². The van der Waals surface area contributed by atoms with E-state index in [2.05, 4.69) is 26.6 Å². The Hall–Kier alpha value is -3.98. The molecular formula is C25H22BrN3O5. The quantitative estimate of drug-likeness (QED) is 0.245. The Morgan fingerprint density at radius 1 is 1.03 bits per heavy atom. The molecule has 2 N–H and O–H groups in total. The van der Waals surface area contributed by atoms with Crippen molar-refractivity contribution in [1.82, 2.24) is 5.32 Å². The summed E-state index contributed by atoms with van der Waals surface area (Å²) in [7, 11) is 1.44. The van der Waals surface area contributed by atoms with Crippen LogP contribution in [0.1, 0.15) is 27.0 Å². The molecule has 3 aromatic carbocycles. The minimum absolute atomic E-state index is 0.0910. The second-order valence-corrected chi connectivity index (χ2v) is 8.46. The molecule has 0 saturated heterocycles. The predicted octanol–water partition coefficient (Wildman–Crippen LogP) is 5.39. The highest BCUT2D eigenvalue weighted by atomic mass is 79.9. The second kappa shape index (κ2) is 10.8. The van der Waals surface area contributed by atoms with Gasteiger partial charge in [0.15, 0.2) is 0 Å². The van der Waals surface area contributed by atoms with Gasteiger partial charge in [-0.05, 0) is 66.9 Å². The molecular weight excluding hydrogens is 502 g/mol. The smallest absolute Gasteiger partial charge is 0.272 e. The van der Waals surface area contributed by atoms with E-state index in [-0.39, 0.29) is 16.9 Å². The van der Waals surface area contributed by atoms with Gasteiger partial charge in [0.2, 0.25) is 0 Å². The number of anilines is 1. The summed E-state index contributed by atoms with van der Waals surface area (Å²) >= 11 is 3.33. The summed E-state index contributed by atoms with van der Waals surface area (Å²) in [4.78, 5) is 36.9. The minimum atomic E-state index is -0.584. The number of methoxy groups -OCH3 is 1. The number of carbonyl (C=O) groups is 2.